The second-order valence-electron chi connectivity index (χ2n) is 9.71. The van der Waals surface area contributed by atoms with E-state index >= 15 is 0 Å². The molecule has 5 rings (SSSR count). The molecule has 3 aromatic rings. The predicted molar refractivity (Wildman–Crippen MR) is 144 cm³/mol. The molecule has 2 aliphatic heterocycles. The van der Waals surface area contributed by atoms with Crippen molar-refractivity contribution in [2.24, 2.45) is 5.92 Å². The number of nitrogens with zero attached hydrogens (tertiary/aromatic N) is 3. The van der Waals surface area contributed by atoms with Gasteiger partial charge in [0.1, 0.15) is 5.78 Å². The van der Waals surface area contributed by atoms with Gasteiger partial charge in [0, 0.05) is 42.6 Å². The molecule has 3 heterocycles. The second-order valence-corrected chi connectivity index (χ2v) is 12.0. The average Bonchev–Trinajstić information content (AvgIpc) is 3.24. The number of carbonyl (C=O) groups is 3. The van der Waals surface area contributed by atoms with Gasteiger partial charge < -0.3 is 4.74 Å². The van der Waals surface area contributed by atoms with Crippen LogP contribution in [0.2, 0.25) is 5.02 Å². The highest BCUT2D eigenvalue weighted by atomic mass is 35.5. The molecule has 1 unspecified atom stereocenters. The van der Waals surface area contributed by atoms with Crippen molar-refractivity contribution in [2.75, 3.05) is 24.0 Å². The summed E-state index contributed by atoms with van der Waals surface area (Å²) in [6.45, 7) is 1.51. The monoisotopic (exact) mass is 567 g/mol. The van der Waals surface area contributed by atoms with E-state index in [9.17, 15) is 22.8 Å². The van der Waals surface area contributed by atoms with Crippen LogP contribution >= 0.6 is 11.6 Å². The van der Waals surface area contributed by atoms with Crippen LogP contribution in [-0.4, -0.2) is 55.8 Å². The summed E-state index contributed by atoms with van der Waals surface area (Å²) in [5.74, 6) is -1.24. The molecule has 2 amide bonds. The summed E-state index contributed by atoms with van der Waals surface area (Å²) in [4.78, 5) is 42.8. The Morgan fingerprint density at radius 3 is 2.59 bits per heavy atom. The second kappa shape index (κ2) is 10.8. The van der Waals surface area contributed by atoms with Gasteiger partial charge in [-0.3, -0.25) is 18.9 Å². The van der Waals surface area contributed by atoms with Gasteiger partial charge in [-0.1, -0.05) is 54.9 Å². The third-order valence-corrected chi connectivity index (χ3v) is 9.02. The minimum Gasteiger partial charge on any atom is -0.439 e. The quantitative estimate of drug-likeness (QED) is 0.404. The first-order valence-electron chi connectivity index (χ1n) is 12.4. The van der Waals surface area contributed by atoms with E-state index in [1.165, 1.54) is 16.4 Å². The largest absolute Gasteiger partial charge is 0.439 e. The Morgan fingerprint density at radius 1 is 1.13 bits per heavy atom. The number of cyclic esters (lactones) is 1. The Kier molecular flexibility index (Phi) is 7.42. The summed E-state index contributed by atoms with van der Waals surface area (Å²) >= 11 is 6.10. The highest BCUT2D eigenvalue weighted by Crippen LogP contribution is 2.35. The van der Waals surface area contributed by atoms with Crippen molar-refractivity contribution in [1.29, 1.82) is 0 Å². The zero-order chi connectivity index (χ0) is 27.7. The summed E-state index contributed by atoms with van der Waals surface area (Å²) in [7, 11) is -4.09. The van der Waals surface area contributed by atoms with Crippen LogP contribution in [0.25, 0.3) is 0 Å². The van der Waals surface area contributed by atoms with Crippen molar-refractivity contribution < 1.29 is 27.5 Å². The SMILES string of the molecule is C[C@H](C(=O)Cc1cnc2c(c1)N(S(=O)(=O)c1cccc(Cl)c1)CC(CN1C(=O)COC1=O)C2)c1ccccc1. The van der Waals surface area contributed by atoms with Crippen LogP contribution < -0.4 is 4.31 Å². The van der Waals surface area contributed by atoms with Crippen molar-refractivity contribution in [2.45, 2.75) is 30.6 Å². The smallest absolute Gasteiger partial charge is 0.417 e. The van der Waals surface area contributed by atoms with Gasteiger partial charge >= 0.3 is 6.09 Å². The maximum atomic E-state index is 13.8. The fourth-order valence-electron chi connectivity index (χ4n) is 4.87. The number of halogens is 1. The number of ketones is 1. The number of anilines is 1. The third kappa shape index (κ3) is 5.53. The molecule has 1 fully saturated rings. The zero-order valence-electron chi connectivity index (χ0n) is 21.1. The average molecular weight is 568 g/mol. The molecule has 2 aliphatic rings. The van der Waals surface area contributed by atoms with Crippen LogP contribution in [0.1, 0.15) is 29.7 Å². The molecule has 2 aromatic carbocycles. The molecular weight excluding hydrogens is 542 g/mol. The minimum atomic E-state index is -4.09. The van der Waals surface area contributed by atoms with Crippen molar-refractivity contribution in [3.05, 3.63) is 88.7 Å². The van der Waals surface area contributed by atoms with E-state index < -0.39 is 27.9 Å². The van der Waals surface area contributed by atoms with Gasteiger partial charge in [-0.2, -0.15) is 0 Å². The molecule has 11 heteroatoms. The Morgan fingerprint density at radius 2 is 1.90 bits per heavy atom. The molecule has 0 bridgehead atoms. The number of benzene rings is 2. The molecule has 0 saturated carbocycles. The lowest BCUT2D eigenvalue weighted by molar-refractivity contribution is -0.126. The van der Waals surface area contributed by atoms with Crippen molar-refractivity contribution in [3.8, 4) is 0 Å². The maximum Gasteiger partial charge on any atom is 0.417 e. The van der Waals surface area contributed by atoms with Crippen LogP contribution in [0.15, 0.2) is 71.8 Å². The molecule has 0 radical (unpaired) electrons. The molecule has 202 valence electrons. The Balaban J connectivity index is 1.48. The lowest BCUT2D eigenvalue weighted by atomic mass is 9.92. The first-order chi connectivity index (χ1) is 18.6. The number of hydrogen-bond acceptors (Lipinski definition) is 7. The molecule has 0 N–H and O–H groups in total. The van der Waals surface area contributed by atoms with Gasteiger partial charge in [-0.15, -0.1) is 0 Å². The van der Waals surface area contributed by atoms with Crippen molar-refractivity contribution >= 4 is 45.1 Å². The summed E-state index contributed by atoms with van der Waals surface area (Å²) in [5.41, 5.74) is 2.34. The lowest BCUT2D eigenvalue weighted by Crippen LogP contribution is -2.45. The van der Waals surface area contributed by atoms with Gasteiger partial charge in [0.2, 0.25) is 0 Å². The fraction of sp³-hybridized carbons (Fsp3) is 0.286. The summed E-state index contributed by atoms with van der Waals surface area (Å²) < 4.78 is 33.7. The number of aromatic nitrogens is 1. The van der Waals surface area contributed by atoms with E-state index in [0.29, 0.717) is 23.4 Å². The Hall–Kier alpha value is -3.76. The van der Waals surface area contributed by atoms with Gasteiger partial charge in [0.25, 0.3) is 15.9 Å². The standard InChI is InChI=1S/C28H26ClN3O6S/c1-18(21-6-3-2-4-7-21)26(33)12-19-11-25-24(30-14-19)10-20(15-31-27(34)17-38-28(31)35)16-32(25)39(36,37)23-9-5-8-22(29)13-23/h2-9,11,13-14,18,20H,10,12,15-17H2,1H3/t18-,20?/m0/s1. The number of imide groups is 1. The topological polar surface area (TPSA) is 114 Å². The molecule has 9 nitrogen and oxygen atoms in total. The van der Waals surface area contributed by atoms with Gasteiger partial charge in [0.05, 0.1) is 16.3 Å². The maximum absolute atomic E-state index is 13.8. The number of Topliss-reactive ketones (excluding diaryl/α,β-unsaturated/α-hetero) is 1. The molecule has 0 spiro atoms. The van der Waals surface area contributed by atoms with Crippen molar-refractivity contribution in [3.63, 3.8) is 0 Å². The Bertz CT molecular complexity index is 1530. The predicted octanol–water partition coefficient (Wildman–Crippen LogP) is 4.00. The number of amides is 2. The van der Waals surface area contributed by atoms with E-state index in [4.69, 9.17) is 16.3 Å². The van der Waals surface area contributed by atoms with E-state index in [2.05, 4.69) is 4.98 Å². The zero-order valence-corrected chi connectivity index (χ0v) is 22.7. The summed E-state index contributed by atoms with van der Waals surface area (Å²) in [6.07, 6.45) is 1.25. The van der Waals surface area contributed by atoms with Crippen LogP contribution in [0.4, 0.5) is 10.5 Å². The molecule has 2 atom stereocenters. The number of ether oxygens (including phenoxy) is 1. The van der Waals surface area contributed by atoms with Gasteiger partial charge in [-0.25, -0.2) is 18.1 Å². The molecule has 1 aromatic heterocycles. The number of carbonyl (C=O) groups excluding carboxylic acids is 3. The van der Waals surface area contributed by atoms with E-state index in [-0.39, 0.29) is 47.7 Å². The number of hydrogen-bond donors (Lipinski definition) is 0. The summed E-state index contributed by atoms with van der Waals surface area (Å²) in [5, 5.41) is 0.266. The van der Waals surface area contributed by atoms with Crippen LogP contribution in [0, 0.1) is 5.92 Å². The van der Waals surface area contributed by atoms with Crippen LogP contribution in [-0.2, 0) is 37.2 Å². The Labute approximate surface area is 231 Å². The van der Waals surface area contributed by atoms with E-state index in [1.54, 1.807) is 24.4 Å². The minimum absolute atomic E-state index is 0.00158. The lowest BCUT2D eigenvalue weighted by Gasteiger charge is -2.35. The highest BCUT2D eigenvalue weighted by molar-refractivity contribution is 7.92. The van der Waals surface area contributed by atoms with Crippen LogP contribution in [0.5, 0.6) is 0 Å². The third-order valence-electron chi connectivity index (χ3n) is 7.01. The molecule has 1 saturated heterocycles. The first kappa shape index (κ1) is 26.8. The normalized spacial score (nSPS) is 18.1. The van der Waals surface area contributed by atoms with E-state index in [0.717, 1.165) is 10.5 Å². The molecule has 39 heavy (non-hydrogen) atoms. The first-order valence-corrected chi connectivity index (χ1v) is 14.3. The summed E-state index contributed by atoms with van der Waals surface area (Å²) in [6, 6.07) is 17.1. The number of sulfonamides is 1. The van der Waals surface area contributed by atoms with Crippen molar-refractivity contribution in [1.82, 2.24) is 9.88 Å². The number of pyridine rings is 1. The molecular formula is C28H26ClN3O6S. The van der Waals surface area contributed by atoms with E-state index in [1.807, 2.05) is 37.3 Å². The van der Waals surface area contributed by atoms with Gasteiger partial charge in [0.15, 0.2) is 6.61 Å². The molecule has 0 aliphatic carbocycles. The number of fused-ring (bicyclic) bond motifs is 1. The van der Waals surface area contributed by atoms with Gasteiger partial charge in [-0.05, 0) is 41.8 Å². The fourth-order valence-corrected chi connectivity index (χ4v) is 6.73. The number of rotatable bonds is 8. The van der Waals surface area contributed by atoms with Crippen LogP contribution in [0.3, 0.4) is 0 Å². The highest BCUT2D eigenvalue weighted by Gasteiger charge is 2.39.